The molecule has 10 heteroatoms. The van der Waals surface area contributed by atoms with Crippen LogP contribution in [0.25, 0.3) is 0 Å². The van der Waals surface area contributed by atoms with Gasteiger partial charge < -0.3 is 34.3 Å². The first-order valence-corrected chi connectivity index (χ1v) is 10.2. The average molecular weight is 424 g/mol. The summed E-state index contributed by atoms with van der Waals surface area (Å²) in [7, 11) is 0. The first-order valence-electron chi connectivity index (χ1n) is 10.2. The normalized spacial score (nSPS) is 60.1. The van der Waals surface area contributed by atoms with Crippen LogP contribution in [0.3, 0.4) is 0 Å². The van der Waals surface area contributed by atoms with Crippen LogP contribution in [0.4, 0.5) is 0 Å². The van der Waals surface area contributed by atoms with Gasteiger partial charge in [-0.05, 0) is 12.3 Å². The quantitative estimate of drug-likeness (QED) is 0.314. The van der Waals surface area contributed by atoms with Gasteiger partial charge in [0.25, 0.3) is 0 Å². The number of aliphatic hydroxyl groups excluding tert-OH is 2. The molecule has 0 bridgehead atoms. The van der Waals surface area contributed by atoms with Crippen LogP contribution in [0, 0.1) is 28.1 Å². The Balaban J connectivity index is 1.71. The van der Waals surface area contributed by atoms with E-state index in [-0.39, 0.29) is 6.42 Å². The monoisotopic (exact) mass is 424 g/mol. The van der Waals surface area contributed by atoms with Crippen molar-refractivity contribution in [3.63, 3.8) is 0 Å². The maximum atomic E-state index is 13.4. The Kier molecular flexibility index (Phi) is 2.97. The summed E-state index contributed by atoms with van der Waals surface area (Å²) in [5.74, 6) is -4.43. The zero-order chi connectivity index (χ0) is 21.8. The van der Waals surface area contributed by atoms with Crippen molar-refractivity contribution in [2.45, 2.75) is 76.0 Å². The standard InChI is InChI=1S/C20H24O10/c1-6-12(23)27-7-5-17-11-8(21)9(16(2,3)4)18(17)10(22)13(24)29-15(18)30-20(17,14(25)28-11)19(6,7)26/h6-11,15,21-22,26H,5H2,1-4H3/t6-,7+,8-,9+,10+,11?,15+,17?,18?,19-,20?/m1/s1. The van der Waals surface area contributed by atoms with Gasteiger partial charge in [-0.3, -0.25) is 4.79 Å². The van der Waals surface area contributed by atoms with E-state index in [4.69, 9.17) is 18.9 Å². The third-order valence-electron chi connectivity index (χ3n) is 8.91. The van der Waals surface area contributed by atoms with Gasteiger partial charge in [-0.1, -0.05) is 20.8 Å². The van der Waals surface area contributed by atoms with Crippen molar-refractivity contribution in [3.8, 4) is 0 Å². The Hall–Kier alpha value is -1.75. The molecule has 3 N–H and O–H groups in total. The largest absolute Gasteiger partial charge is 0.459 e. The fourth-order valence-electron chi connectivity index (χ4n) is 8.22. The predicted octanol–water partition coefficient (Wildman–Crippen LogP) is -1.37. The molecule has 10 nitrogen and oxygen atoms in total. The molecule has 2 aliphatic carbocycles. The summed E-state index contributed by atoms with van der Waals surface area (Å²) in [5.41, 5.74) is -7.95. The highest BCUT2D eigenvalue weighted by Gasteiger charge is 3.02. The number of hydrogen-bond acceptors (Lipinski definition) is 10. The van der Waals surface area contributed by atoms with E-state index >= 15 is 0 Å². The summed E-state index contributed by atoms with van der Waals surface area (Å²) in [6.07, 6.45) is -6.73. The molecule has 6 aliphatic rings. The maximum Gasteiger partial charge on any atom is 0.342 e. The van der Waals surface area contributed by atoms with Crippen molar-refractivity contribution in [1.82, 2.24) is 0 Å². The van der Waals surface area contributed by atoms with Gasteiger partial charge in [0, 0.05) is 12.3 Å². The second-order valence-corrected chi connectivity index (χ2v) is 10.7. The second kappa shape index (κ2) is 4.69. The molecule has 2 spiro atoms. The first-order chi connectivity index (χ1) is 13.8. The molecule has 30 heavy (non-hydrogen) atoms. The van der Waals surface area contributed by atoms with Crippen LogP contribution in [0.5, 0.6) is 0 Å². The summed E-state index contributed by atoms with van der Waals surface area (Å²) in [6.45, 7) is 6.97. The number of ether oxygens (including phenoxy) is 4. The third kappa shape index (κ3) is 1.35. The highest BCUT2D eigenvalue weighted by molar-refractivity contribution is 5.93. The molecule has 0 aromatic carbocycles. The number of carbonyl (C=O) groups is 3. The average Bonchev–Trinajstić information content (AvgIpc) is 3.32. The van der Waals surface area contributed by atoms with Crippen molar-refractivity contribution >= 4 is 17.9 Å². The Morgan fingerprint density at radius 1 is 1.03 bits per heavy atom. The lowest BCUT2D eigenvalue weighted by molar-refractivity contribution is -0.239. The zero-order valence-electron chi connectivity index (χ0n) is 16.9. The van der Waals surface area contributed by atoms with Gasteiger partial charge in [-0.25, -0.2) is 9.59 Å². The Morgan fingerprint density at radius 2 is 1.70 bits per heavy atom. The van der Waals surface area contributed by atoms with Crippen LogP contribution in [-0.2, 0) is 33.3 Å². The maximum absolute atomic E-state index is 13.4. The number of esters is 3. The van der Waals surface area contributed by atoms with Crippen molar-refractivity contribution in [2.24, 2.45) is 28.1 Å². The van der Waals surface area contributed by atoms with Crippen LogP contribution >= 0.6 is 0 Å². The number of aliphatic hydroxyl groups is 3. The Labute approximate surface area is 171 Å². The number of fused-ring (bicyclic) bond motifs is 1. The lowest BCUT2D eigenvalue weighted by Gasteiger charge is -2.46. The van der Waals surface area contributed by atoms with Crippen molar-refractivity contribution in [2.75, 3.05) is 0 Å². The van der Waals surface area contributed by atoms with E-state index in [0.29, 0.717) is 0 Å². The third-order valence-corrected chi connectivity index (χ3v) is 8.91. The van der Waals surface area contributed by atoms with Gasteiger partial charge in [0.1, 0.15) is 12.2 Å². The second-order valence-electron chi connectivity index (χ2n) is 10.7. The fraction of sp³-hybridized carbons (Fsp3) is 0.850. The van der Waals surface area contributed by atoms with Gasteiger partial charge in [-0.15, -0.1) is 0 Å². The van der Waals surface area contributed by atoms with E-state index < -0.39 is 87.9 Å². The molecular weight excluding hydrogens is 400 g/mol. The fourth-order valence-corrected chi connectivity index (χ4v) is 8.22. The summed E-state index contributed by atoms with van der Waals surface area (Å²) in [6, 6.07) is 0. The molecule has 0 amide bonds. The number of hydrogen-bond donors (Lipinski definition) is 3. The van der Waals surface area contributed by atoms with Crippen molar-refractivity contribution in [3.05, 3.63) is 0 Å². The lowest BCUT2D eigenvalue weighted by Crippen LogP contribution is -2.66. The highest BCUT2D eigenvalue weighted by atomic mass is 16.8. The molecule has 4 saturated heterocycles. The number of rotatable bonds is 0. The van der Waals surface area contributed by atoms with E-state index in [1.165, 1.54) is 6.92 Å². The van der Waals surface area contributed by atoms with Gasteiger partial charge in [0.2, 0.25) is 11.9 Å². The smallest absolute Gasteiger partial charge is 0.342 e. The minimum absolute atomic E-state index is 0.107. The van der Waals surface area contributed by atoms with Crippen LogP contribution in [-0.4, -0.2) is 75.1 Å². The van der Waals surface area contributed by atoms with E-state index in [2.05, 4.69) is 0 Å². The molecule has 0 radical (unpaired) electrons. The first kappa shape index (κ1) is 19.0. The molecule has 164 valence electrons. The minimum atomic E-state index is -2.12. The van der Waals surface area contributed by atoms with Crippen molar-refractivity contribution < 1.29 is 48.7 Å². The highest BCUT2D eigenvalue weighted by Crippen LogP contribution is 2.84. The van der Waals surface area contributed by atoms with Crippen LogP contribution in [0.2, 0.25) is 0 Å². The molecule has 0 aromatic rings. The van der Waals surface area contributed by atoms with Gasteiger partial charge in [0.05, 0.1) is 22.9 Å². The van der Waals surface area contributed by atoms with E-state index in [9.17, 15) is 29.7 Å². The molecule has 4 unspecified atom stereocenters. The Bertz CT molecular complexity index is 925. The molecular formula is C20H24O10. The lowest BCUT2D eigenvalue weighted by atomic mass is 9.51. The summed E-state index contributed by atoms with van der Waals surface area (Å²) < 4.78 is 22.6. The molecule has 11 atom stereocenters. The molecule has 4 heterocycles. The van der Waals surface area contributed by atoms with E-state index in [0.717, 1.165) is 0 Å². The predicted molar refractivity (Wildman–Crippen MR) is 92.0 cm³/mol. The molecule has 4 aliphatic heterocycles. The Morgan fingerprint density at radius 3 is 2.33 bits per heavy atom. The van der Waals surface area contributed by atoms with Crippen LogP contribution in [0.1, 0.15) is 34.1 Å². The summed E-state index contributed by atoms with van der Waals surface area (Å²) in [4.78, 5) is 38.2. The van der Waals surface area contributed by atoms with Crippen LogP contribution < -0.4 is 0 Å². The van der Waals surface area contributed by atoms with Gasteiger partial charge >= 0.3 is 17.9 Å². The molecule has 0 aromatic heterocycles. The zero-order valence-corrected chi connectivity index (χ0v) is 16.9. The molecule has 6 rings (SSSR count). The SMILES string of the molecule is C[C@@H]1C(=O)O[C@H]2CC34C5OC(=O)C3(O[C@@H]3OC(=O)[C@H](O)C34[C@H](C(C)(C)C)[C@H]5O)[C@]21O. The van der Waals surface area contributed by atoms with Gasteiger partial charge in [0.15, 0.2) is 11.7 Å². The van der Waals surface area contributed by atoms with Crippen molar-refractivity contribution in [1.29, 1.82) is 0 Å². The molecule has 6 fully saturated rings. The number of carbonyl (C=O) groups excluding carboxylic acids is 3. The van der Waals surface area contributed by atoms with Gasteiger partial charge in [-0.2, -0.15) is 0 Å². The topological polar surface area (TPSA) is 149 Å². The molecule has 2 saturated carbocycles. The van der Waals surface area contributed by atoms with Crippen LogP contribution in [0.15, 0.2) is 0 Å². The van der Waals surface area contributed by atoms with E-state index in [1.54, 1.807) is 0 Å². The minimum Gasteiger partial charge on any atom is -0.459 e. The summed E-state index contributed by atoms with van der Waals surface area (Å²) >= 11 is 0. The summed E-state index contributed by atoms with van der Waals surface area (Å²) in [5, 5.41) is 34.4. The van der Waals surface area contributed by atoms with E-state index in [1.807, 2.05) is 20.8 Å².